The van der Waals surface area contributed by atoms with Gasteiger partial charge in [-0.1, -0.05) is 25.5 Å². The van der Waals surface area contributed by atoms with E-state index in [1.165, 1.54) is 4.68 Å². The number of nitrogens with zero attached hydrogens (tertiary/aromatic N) is 5. The molecule has 0 aliphatic carbocycles. The van der Waals surface area contributed by atoms with Crippen LogP contribution in [0.4, 0.5) is 0 Å². The Morgan fingerprint density at radius 3 is 2.64 bits per heavy atom. The van der Waals surface area contributed by atoms with Gasteiger partial charge in [-0.25, -0.2) is 0 Å². The summed E-state index contributed by atoms with van der Waals surface area (Å²) >= 11 is 0. The molecule has 0 aliphatic rings. The number of para-hydroxylation sites is 1. The van der Waals surface area contributed by atoms with Gasteiger partial charge in [0.15, 0.2) is 11.3 Å². The third kappa shape index (κ3) is 2.79. The summed E-state index contributed by atoms with van der Waals surface area (Å²) < 4.78 is 8.21. The van der Waals surface area contributed by atoms with E-state index in [0.29, 0.717) is 35.6 Å². The molecule has 0 aliphatic heterocycles. The minimum Gasteiger partial charge on any atom is -0.493 e. The second-order valence-corrected chi connectivity index (χ2v) is 5.58. The first-order valence-corrected chi connectivity index (χ1v) is 8.16. The molecule has 0 saturated heterocycles. The van der Waals surface area contributed by atoms with E-state index in [-0.39, 0.29) is 11.3 Å². The molecule has 0 atom stereocenters. The third-order valence-corrected chi connectivity index (χ3v) is 3.91. The fourth-order valence-electron chi connectivity index (χ4n) is 2.92. The number of aromatic nitrogens is 4. The number of benzene rings is 1. The predicted octanol–water partition coefficient (Wildman–Crippen LogP) is 2.68. The molecule has 8 heteroatoms. The Kier molecular flexibility index (Phi) is 4.60. The highest BCUT2D eigenvalue weighted by molar-refractivity contribution is 5.81. The molecule has 25 heavy (non-hydrogen) atoms. The van der Waals surface area contributed by atoms with Crippen molar-refractivity contribution in [3.8, 4) is 17.1 Å². The van der Waals surface area contributed by atoms with Crippen LogP contribution >= 0.6 is 0 Å². The summed E-state index contributed by atoms with van der Waals surface area (Å²) in [6, 6.07) is 7.12. The van der Waals surface area contributed by atoms with Gasteiger partial charge in [-0.2, -0.15) is 14.8 Å². The number of nitroso groups, excluding NO2 is 1. The molecule has 0 saturated carbocycles. The van der Waals surface area contributed by atoms with E-state index in [0.717, 1.165) is 11.1 Å². The van der Waals surface area contributed by atoms with Crippen LogP contribution in [0.25, 0.3) is 22.4 Å². The first-order valence-electron chi connectivity index (χ1n) is 8.16. The monoisotopic (exact) mass is 341 g/mol. The summed E-state index contributed by atoms with van der Waals surface area (Å²) in [5.41, 5.74) is 1.40. The van der Waals surface area contributed by atoms with E-state index in [4.69, 9.17) is 4.74 Å². The zero-order valence-corrected chi connectivity index (χ0v) is 14.4. The second kappa shape index (κ2) is 6.84. The number of hydrogen-bond donors (Lipinski definition) is 0. The highest BCUT2D eigenvalue weighted by Gasteiger charge is 2.22. The van der Waals surface area contributed by atoms with Crippen molar-refractivity contribution in [2.75, 3.05) is 6.61 Å². The van der Waals surface area contributed by atoms with Crippen LogP contribution < -0.4 is 10.3 Å². The van der Waals surface area contributed by atoms with E-state index in [2.05, 4.69) is 15.4 Å². The Hall–Kier alpha value is -3.03. The molecular weight excluding hydrogens is 322 g/mol. The molecule has 0 unspecified atom stereocenters. The first kappa shape index (κ1) is 16.8. The Balaban J connectivity index is 2.40. The van der Waals surface area contributed by atoms with Gasteiger partial charge < -0.3 is 4.74 Å². The fourth-order valence-corrected chi connectivity index (χ4v) is 2.92. The van der Waals surface area contributed by atoms with Gasteiger partial charge in [0.05, 0.1) is 23.2 Å². The zero-order valence-electron chi connectivity index (χ0n) is 14.4. The van der Waals surface area contributed by atoms with Gasteiger partial charge in [0.1, 0.15) is 11.3 Å². The molecule has 2 heterocycles. The number of hydrogen-bond acceptors (Lipinski definition) is 6. The van der Waals surface area contributed by atoms with E-state index in [1.54, 1.807) is 25.2 Å². The van der Waals surface area contributed by atoms with Crippen LogP contribution in [0.2, 0.25) is 0 Å². The lowest BCUT2D eigenvalue weighted by molar-refractivity contribution is 0.341. The lowest BCUT2D eigenvalue weighted by atomic mass is 10.1. The fraction of sp³-hybridized carbons (Fsp3) is 0.353. The quantitative estimate of drug-likeness (QED) is 0.643. The van der Waals surface area contributed by atoms with Crippen molar-refractivity contribution in [3.63, 3.8) is 0 Å². The van der Waals surface area contributed by atoms with Gasteiger partial charge in [-0.3, -0.25) is 9.48 Å². The zero-order chi connectivity index (χ0) is 18.0. The molecule has 0 fully saturated rings. The van der Waals surface area contributed by atoms with Crippen molar-refractivity contribution >= 4 is 11.0 Å². The Morgan fingerprint density at radius 2 is 1.96 bits per heavy atom. The lowest BCUT2D eigenvalue weighted by Gasteiger charge is -2.12. The van der Waals surface area contributed by atoms with E-state index in [9.17, 15) is 9.70 Å². The van der Waals surface area contributed by atoms with Crippen molar-refractivity contribution < 1.29 is 4.74 Å². The average molecular weight is 341 g/mol. The van der Waals surface area contributed by atoms with Crippen LogP contribution in [0.15, 0.2) is 34.3 Å². The van der Waals surface area contributed by atoms with Crippen LogP contribution in [-0.4, -0.2) is 26.0 Å². The van der Waals surface area contributed by atoms with Gasteiger partial charge in [-0.05, 0) is 25.5 Å². The van der Waals surface area contributed by atoms with Crippen molar-refractivity contribution in [3.05, 3.63) is 45.2 Å². The summed E-state index contributed by atoms with van der Waals surface area (Å²) in [4.78, 5) is 28.3. The predicted molar refractivity (Wildman–Crippen MR) is 94.6 cm³/mol. The van der Waals surface area contributed by atoms with Crippen LogP contribution in [0.3, 0.4) is 0 Å². The van der Waals surface area contributed by atoms with Crippen LogP contribution in [0, 0.1) is 4.91 Å². The minimum atomic E-state index is -0.450. The molecular formula is C17H19N5O3. The van der Waals surface area contributed by atoms with Crippen LogP contribution in [0.5, 0.6) is 5.75 Å². The van der Waals surface area contributed by atoms with E-state index in [1.807, 2.05) is 19.9 Å². The highest BCUT2D eigenvalue weighted by atomic mass is 16.5. The normalized spacial score (nSPS) is 11.0. The standard InChI is InChI=1S/C17H19N5O3/c1-4-8-12-14-15(21(3)19-12)17(23)18-16(22(14)20-24)11-9-6-7-10-13(11)25-5-2/h6-7,9-10H,4-5,8H2,1-3H3. The SMILES string of the molecule is CCCc1nn(C)c2c(=O)nc(-c3ccccc3OCC)n(N=O)c12. The molecule has 0 bridgehead atoms. The third-order valence-electron chi connectivity index (χ3n) is 3.91. The molecule has 0 amide bonds. The molecule has 8 nitrogen and oxygen atoms in total. The van der Waals surface area contributed by atoms with Crippen molar-refractivity contribution in [2.24, 2.45) is 12.3 Å². The average Bonchev–Trinajstić information content (AvgIpc) is 2.93. The number of aryl methyl sites for hydroxylation is 2. The first-order chi connectivity index (χ1) is 12.1. The van der Waals surface area contributed by atoms with E-state index >= 15 is 0 Å². The lowest BCUT2D eigenvalue weighted by Crippen LogP contribution is -2.16. The molecule has 1 aromatic carbocycles. The Labute approximate surface area is 144 Å². The molecule has 3 aromatic rings. The molecule has 0 radical (unpaired) electrons. The highest BCUT2D eigenvalue weighted by Crippen LogP contribution is 2.30. The maximum atomic E-state index is 12.6. The maximum Gasteiger partial charge on any atom is 0.299 e. The summed E-state index contributed by atoms with van der Waals surface area (Å²) in [6.07, 6.45) is 1.45. The van der Waals surface area contributed by atoms with E-state index < -0.39 is 5.56 Å². The summed E-state index contributed by atoms with van der Waals surface area (Å²) in [7, 11) is 1.66. The molecule has 2 aromatic heterocycles. The minimum absolute atomic E-state index is 0.155. The topological polar surface area (TPSA) is 91.4 Å². The molecule has 0 N–H and O–H groups in total. The van der Waals surface area contributed by atoms with Gasteiger partial charge in [0.2, 0.25) is 0 Å². The van der Waals surface area contributed by atoms with Gasteiger partial charge in [0.25, 0.3) is 5.56 Å². The van der Waals surface area contributed by atoms with Crippen molar-refractivity contribution in [1.82, 2.24) is 19.4 Å². The number of rotatable bonds is 6. The van der Waals surface area contributed by atoms with Crippen molar-refractivity contribution in [2.45, 2.75) is 26.7 Å². The Bertz CT molecular complexity index is 990. The smallest absolute Gasteiger partial charge is 0.299 e. The van der Waals surface area contributed by atoms with Gasteiger partial charge in [-0.15, -0.1) is 4.91 Å². The molecule has 130 valence electrons. The number of fused-ring (bicyclic) bond motifs is 1. The molecule has 0 spiro atoms. The van der Waals surface area contributed by atoms with Crippen LogP contribution in [0.1, 0.15) is 26.0 Å². The summed E-state index contributed by atoms with van der Waals surface area (Å²) in [5, 5.41) is 7.50. The summed E-state index contributed by atoms with van der Waals surface area (Å²) in [5.74, 6) is 0.691. The van der Waals surface area contributed by atoms with Crippen molar-refractivity contribution in [1.29, 1.82) is 0 Å². The van der Waals surface area contributed by atoms with Gasteiger partial charge in [0, 0.05) is 7.05 Å². The van der Waals surface area contributed by atoms with Gasteiger partial charge >= 0.3 is 0 Å². The number of ether oxygens (including phenoxy) is 1. The maximum absolute atomic E-state index is 12.6. The van der Waals surface area contributed by atoms with Crippen LogP contribution in [-0.2, 0) is 13.5 Å². The Morgan fingerprint density at radius 1 is 1.20 bits per heavy atom. The largest absolute Gasteiger partial charge is 0.493 e. The molecule has 3 rings (SSSR count). The second-order valence-electron chi connectivity index (χ2n) is 5.58. The summed E-state index contributed by atoms with van der Waals surface area (Å²) in [6.45, 7) is 4.31.